The molecule has 1 fully saturated rings. The largest absolute Gasteiger partial charge is 0.490 e. The number of carbonyl (C=O) groups excluding carboxylic acids is 2. The van der Waals surface area contributed by atoms with Crippen molar-refractivity contribution in [2.24, 2.45) is 0 Å². The van der Waals surface area contributed by atoms with E-state index in [0.717, 1.165) is 48.4 Å². The number of likely N-dealkylation sites (tertiary alicyclic amines) is 1. The predicted octanol–water partition coefficient (Wildman–Crippen LogP) is 3.57. The molecular weight excluding hydrogens is 394 g/mol. The van der Waals surface area contributed by atoms with Gasteiger partial charge in [0.15, 0.2) is 11.5 Å². The monoisotopic (exact) mass is 423 g/mol. The van der Waals surface area contributed by atoms with Crippen LogP contribution in [-0.4, -0.2) is 43.1 Å². The van der Waals surface area contributed by atoms with Crippen LogP contribution in [0.25, 0.3) is 0 Å². The molecule has 2 aliphatic heterocycles. The smallest absolute Gasteiger partial charge is 0.321 e. The predicted molar refractivity (Wildman–Crippen MR) is 117 cm³/mol. The van der Waals surface area contributed by atoms with E-state index in [0.29, 0.717) is 19.8 Å². The Balaban J connectivity index is 1.63. The van der Waals surface area contributed by atoms with Gasteiger partial charge in [0, 0.05) is 19.0 Å². The average molecular weight is 424 g/mol. The highest BCUT2D eigenvalue weighted by molar-refractivity contribution is 5.97. The first-order chi connectivity index (χ1) is 15.2. The lowest BCUT2D eigenvalue weighted by atomic mass is 9.99. The molecule has 2 aromatic rings. The zero-order chi connectivity index (χ0) is 21.6. The van der Waals surface area contributed by atoms with E-state index in [1.54, 1.807) is 0 Å². The standard InChI is InChI=1S/C24H29N3O4/c1-2-25-24(29)26-23(28)22(17-8-4-3-5-9-17)27-13-6-10-19(27)18-11-12-20-21(16-18)31-15-7-14-30-20/h3-5,8-9,11-12,16,19,22H,2,6-7,10,13-15H2,1H3,(H2,25,26,28,29)/t19-,22+/m0/s1. The fourth-order valence-corrected chi connectivity index (χ4v) is 4.36. The van der Waals surface area contributed by atoms with Gasteiger partial charge in [0.2, 0.25) is 5.91 Å². The van der Waals surface area contributed by atoms with Gasteiger partial charge in [0.25, 0.3) is 0 Å². The maximum absolute atomic E-state index is 13.2. The van der Waals surface area contributed by atoms with Crippen LogP contribution < -0.4 is 20.1 Å². The topological polar surface area (TPSA) is 79.9 Å². The van der Waals surface area contributed by atoms with Crippen LogP contribution in [0.4, 0.5) is 4.79 Å². The molecule has 0 spiro atoms. The third kappa shape index (κ3) is 4.82. The summed E-state index contributed by atoms with van der Waals surface area (Å²) in [5.74, 6) is 1.20. The second kappa shape index (κ2) is 9.83. The molecule has 2 N–H and O–H groups in total. The van der Waals surface area contributed by atoms with Crippen molar-refractivity contribution in [1.82, 2.24) is 15.5 Å². The first-order valence-electron chi connectivity index (χ1n) is 11.0. The molecule has 0 aliphatic carbocycles. The molecule has 1 saturated heterocycles. The van der Waals surface area contributed by atoms with Gasteiger partial charge in [-0.25, -0.2) is 4.79 Å². The highest BCUT2D eigenvalue weighted by Crippen LogP contribution is 2.41. The minimum atomic E-state index is -0.563. The van der Waals surface area contributed by atoms with E-state index in [1.165, 1.54) is 0 Å². The Morgan fingerprint density at radius 3 is 2.61 bits per heavy atom. The summed E-state index contributed by atoms with van der Waals surface area (Å²) in [4.78, 5) is 27.5. The SMILES string of the molecule is CCNC(=O)NC(=O)[C@@H](c1ccccc1)N1CCC[C@H]1c1ccc2c(c1)OCCCO2. The molecule has 0 aromatic heterocycles. The van der Waals surface area contributed by atoms with Gasteiger partial charge >= 0.3 is 6.03 Å². The molecule has 7 nitrogen and oxygen atoms in total. The lowest BCUT2D eigenvalue weighted by Gasteiger charge is -2.32. The third-order valence-electron chi connectivity index (χ3n) is 5.72. The van der Waals surface area contributed by atoms with Crippen LogP contribution in [0.5, 0.6) is 11.5 Å². The maximum atomic E-state index is 13.2. The summed E-state index contributed by atoms with van der Waals surface area (Å²) < 4.78 is 11.6. The molecule has 2 atom stereocenters. The summed E-state index contributed by atoms with van der Waals surface area (Å²) in [5.41, 5.74) is 1.96. The van der Waals surface area contributed by atoms with E-state index in [4.69, 9.17) is 9.47 Å². The van der Waals surface area contributed by atoms with Crippen LogP contribution in [0.2, 0.25) is 0 Å². The van der Waals surface area contributed by atoms with Crippen LogP contribution in [0.15, 0.2) is 48.5 Å². The van der Waals surface area contributed by atoms with Crippen LogP contribution in [-0.2, 0) is 4.79 Å². The van der Waals surface area contributed by atoms with Gasteiger partial charge in [-0.3, -0.25) is 15.0 Å². The van der Waals surface area contributed by atoms with Gasteiger partial charge in [-0.15, -0.1) is 0 Å². The lowest BCUT2D eigenvalue weighted by molar-refractivity contribution is -0.126. The average Bonchev–Trinajstić information content (AvgIpc) is 3.12. The number of hydrogen-bond acceptors (Lipinski definition) is 5. The van der Waals surface area contributed by atoms with Crippen molar-refractivity contribution in [3.63, 3.8) is 0 Å². The number of ether oxygens (including phenoxy) is 2. The molecule has 2 heterocycles. The molecule has 0 saturated carbocycles. The number of nitrogens with zero attached hydrogens (tertiary/aromatic N) is 1. The number of fused-ring (bicyclic) bond motifs is 1. The molecule has 31 heavy (non-hydrogen) atoms. The van der Waals surface area contributed by atoms with Crippen LogP contribution in [0.3, 0.4) is 0 Å². The van der Waals surface area contributed by atoms with Crippen molar-refractivity contribution in [1.29, 1.82) is 0 Å². The lowest BCUT2D eigenvalue weighted by Crippen LogP contribution is -2.46. The molecule has 7 heteroatoms. The molecule has 164 valence electrons. The van der Waals surface area contributed by atoms with Crippen LogP contribution in [0.1, 0.15) is 49.4 Å². The van der Waals surface area contributed by atoms with Crippen molar-refractivity contribution in [3.05, 3.63) is 59.7 Å². The molecule has 0 unspecified atom stereocenters. The quantitative estimate of drug-likeness (QED) is 0.769. The highest BCUT2D eigenvalue weighted by Gasteiger charge is 2.37. The Labute approximate surface area is 182 Å². The number of imide groups is 1. The summed E-state index contributed by atoms with van der Waals surface area (Å²) >= 11 is 0. The minimum Gasteiger partial charge on any atom is -0.490 e. The summed E-state index contributed by atoms with van der Waals surface area (Å²) in [5, 5.41) is 5.15. The van der Waals surface area contributed by atoms with Crippen molar-refractivity contribution in [2.75, 3.05) is 26.3 Å². The van der Waals surface area contributed by atoms with E-state index < -0.39 is 12.1 Å². The number of hydrogen-bond donors (Lipinski definition) is 2. The molecule has 0 bridgehead atoms. The maximum Gasteiger partial charge on any atom is 0.321 e. The number of carbonyl (C=O) groups is 2. The number of nitrogens with one attached hydrogen (secondary N) is 2. The van der Waals surface area contributed by atoms with Crippen LogP contribution >= 0.6 is 0 Å². The molecule has 2 aromatic carbocycles. The highest BCUT2D eigenvalue weighted by atomic mass is 16.5. The van der Waals surface area contributed by atoms with E-state index in [-0.39, 0.29) is 11.9 Å². The summed E-state index contributed by atoms with van der Waals surface area (Å²) in [6.45, 7) is 4.32. The van der Waals surface area contributed by atoms with Crippen LogP contribution in [0, 0.1) is 0 Å². The number of rotatable bonds is 5. The van der Waals surface area contributed by atoms with Gasteiger partial charge < -0.3 is 14.8 Å². The van der Waals surface area contributed by atoms with Gasteiger partial charge in [-0.2, -0.15) is 0 Å². The number of amides is 3. The number of urea groups is 1. The zero-order valence-corrected chi connectivity index (χ0v) is 17.8. The van der Waals surface area contributed by atoms with E-state index in [1.807, 2.05) is 49.4 Å². The molecule has 4 rings (SSSR count). The minimum absolute atomic E-state index is 0.0438. The van der Waals surface area contributed by atoms with E-state index in [2.05, 4.69) is 21.6 Å². The van der Waals surface area contributed by atoms with Crippen molar-refractivity contribution < 1.29 is 19.1 Å². The Hall–Kier alpha value is -3.06. The summed E-state index contributed by atoms with van der Waals surface area (Å²) in [6.07, 6.45) is 2.75. The number of benzene rings is 2. The van der Waals surface area contributed by atoms with Crippen molar-refractivity contribution in [3.8, 4) is 11.5 Å². The molecule has 0 radical (unpaired) electrons. The normalized spacial score (nSPS) is 19.3. The van der Waals surface area contributed by atoms with Crippen molar-refractivity contribution in [2.45, 2.75) is 38.3 Å². The van der Waals surface area contributed by atoms with Crippen molar-refractivity contribution >= 4 is 11.9 Å². The second-order valence-electron chi connectivity index (χ2n) is 7.81. The Kier molecular flexibility index (Phi) is 6.72. The van der Waals surface area contributed by atoms with Gasteiger partial charge in [-0.1, -0.05) is 36.4 Å². The van der Waals surface area contributed by atoms with E-state index >= 15 is 0 Å². The molecule has 2 aliphatic rings. The first-order valence-corrected chi connectivity index (χ1v) is 11.0. The van der Waals surface area contributed by atoms with Gasteiger partial charge in [0.1, 0.15) is 6.04 Å². The van der Waals surface area contributed by atoms with E-state index in [9.17, 15) is 9.59 Å². The van der Waals surface area contributed by atoms with Gasteiger partial charge in [-0.05, 0) is 49.6 Å². The zero-order valence-electron chi connectivity index (χ0n) is 17.8. The Morgan fingerprint density at radius 1 is 1.06 bits per heavy atom. The molecular formula is C24H29N3O4. The fraction of sp³-hybridized carbons (Fsp3) is 0.417. The van der Waals surface area contributed by atoms with Gasteiger partial charge in [0.05, 0.1) is 13.2 Å². The summed E-state index contributed by atoms with van der Waals surface area (Å²) in [6, 6.07) is 14.7. The Morgan fingerprint density at radius 2 is 1.84 bits per heavy atom. The third-order valence-corrected chi connectivity index (χ3v) is 5.72. The second-order valence-corrected chi connectivity index (χ2v) is 7.81. The summed E-state index contributed by atoms with van der Waals surface area (Å²) in [7, 11) is 0. The Bertz CT molecular complexity index is 918. The first kappa shape index (κ1) is 21.2. The molecule has 3 amide bonds. The fourth-order valence-electron chi connectivity index (χ4n) is 4.36.